The number of nitrogens with zero attached hydrogens (tertiary/aromatic N) is 5. The van der Waals surface area contributed by atoms with Crippen LogP contribution in [0.15, 0.2) is 83.0 Å². The van der Waals surface area contributed by atoms with Gasteiger partial charge in [-0.3, -0.25) is 14.6 Å². The van der Waals surface area contributed by atoms with Gasteiger partial charge in [-0.1, -0.05) is 41.2 Å². The first-order chi connectivity index (χ1) is 28.1. The molecular formula is C42H47N5O9S2. The van der Waals surface area contributed by atoms with E-state index >= 15 is 0 Å². The van der Waals surface area contributed by atoms with Gasteiger partial charge in [0.05, 0.1) is 62.0 Å². The number of aliphatic hydroxyl groups excluding tert-OH is 1. The first kappa shape index (κ1) is 41.0. The van der Waals surface area contributed by atoms with Crippen molar-refractivity contribution in [3.63, 3.8) is 0 Å². The highest BCUT2D eigenvalue weighted by atomic mass is 33.1. The average Bonchev–Trinajstić information content (AvgIpc) is 3.77. The number of amides is 3. The zero-order valence-electron chi connectivity index (χ0n) is 32.8. The Hall–Kier alpha value is -5.19. The molecule has 0 bridgehead atoms. The summed E-state index contributed by atoms with van der Waals surface area (Å²) >= 11 is 0. The smallest absolute Gasteiger partial charge is 0.416 e. The fraction of sp³-hybridized carbons (Fsp3) is 0.405. The molecule has 0 unspecified atom stereocenters. The summed E-state index contributed by atoms with van der Waals surface area (Å²) in [5.74, 6) is 1.12. The number of aliphatic hydroxyl groups is 1. The van der Waals surface area contributed by atoms with E-state index in [4.69, 9.17) is 23.7 Å². The number of aliphatic imine (C=N–C) groups is 1. The van der Waals surface area contributed by atoms with Crippen molar-refractivity contribution in [1.29, 1.82) is 0 Å². The highest BCUT2D eigenvalue weighted by Crippen LogP contribution is 2.43. The predicted molar refractivity (Wildman–Crippen MR) is 223 cm³/mol. The number of carbonyl (C=O) groups excluding carboxylic acids is 3. The summed E-state index contributed by atoms with van der Waals surface area (Å²) in [6, 6.07) is 11.4. The van der Waals surface area contributed by atoms with Gasteiger partial charge in [-0.05, 0) is 74.1 Å². The molecule has 0 radical (unpaired) electrons. The topological polar surface area (TPSA) is 153 Å². The van der Waals surface area contributed by atoms with Gasteiger partial charge in [-0.15, -0.1) is 0 Å². The number of methoxy groups -OCH3 is 2. The molecule has 16 heteroatoms. The molecule has 14 nitrogen and oxygen atoms in total. The van der Waals surface area contributed by atoms with Crippen molar-refractivity contribution < 1.29 is 43.2 Å². The van der Waals surface area contributed by atoms with Crippen LogP contribution in [-0.2, 0) is 4.74 Å². The number of pyridine rings is 1. The van der Waals surface area contributed by atoms with E-state index in [0.29, 0.717) is 79.7 Å². The third kappa shape index (κ3) is 8.78. The monoisotopic (exact) mass is 829 g/mol. The molecular weight excluding hydrogens is 783 g/mol. The van der Waals surface area contributed by atoms with E-state index in [1.54, 1.807) is 41.6 Å². The van der Waals surface area contributed by atoms with Crippen molar-refractivity contribution in [2.75, 3.05) is 52.0 Å². The molecule has 1 N–H and O–H groups in total. The third-order valence-electron chi connectivity index (χ3n) is 10.3. The average molecular weight is 830 g/mol. The van der Waals surface area contributed by atoms with E-state index in [1.807, 2.05) is 25.1 Å². The molecule has 306 valence electrons. The second kappa shape index (κ2) is 18.2. The summed E-state index contributed by atoms with van der Waals surface area (Å²) in [6.45, 7) is 11.5. The first-order valence-electron chi connectivity index (χ1n) is 19.1. The lowest BCUT2D eigenvalue weighted by Crippen LogP contribution is -2.51. The number of anilines is 1. The van der Waals surface area contributed by atoms with Gasteiger partial charge in [-0.2, -0.15) is 0 Å². The van der Waals surface area contributed by atoms with E-state index in [-0.39, 0.29) is 47.5 Å². The second-order valence-electron chi connectivity index (χ2n) is 14.5. The van der Waals surface area contributed by atoms with Crippen LogP contribution in [0.4, 0.5) is 16.2 Å². The third-order valence-corrected chi connectivity index (χ3v) is 13.0. The molecule has 2 aromatic carbocycles. The number of hydrogen-bond acceptors (Lipinski definition) is 13. The van der Waals surface area contributed by atoms with Crippen molar-refractivity contribution in [2.24, 2.45) is 4.99 Å². The maximum Gasteiger partial charge on any atom is 0.416 e. The van der Waals surface area contributed by atoms with Crippen LogP contribution in [0.3, 0.4) is 0 Å². The van der Waals surface area contributed by atoms with E-state index in [9.17, 15) is 19.5 Å². The summed E-state index contributed by atoms with van der Waals surface area (Å²) in [7, 11) is 6.01. The Morgan fingerprint density at radius 1 is 0.897 bits per heavy atom. The second-order valence-corrected chi connectivity index (χ2v) is 17.2. The highest BCUT2D eigenvalue weighted by Gasteiger charge is 2.46. The van der Waals surface area contributed by atoms with Gasteiger partial charge in [-0.25, -0.2) is 14.7 Å². The van der Waals surface area contributed by atoms with Crippen molar-refractivity contribution in [3.05, 3.63) is 84.1 Å². The molecule has 58 heavy (non-hydrogen) atoms. The SMILES string of the molecule is C=C1C[C@H]2C=Nc3cc(OCCCCCOc4cc5c(cc4OC)C(=O)N4CC(=C)C[C@H]4[C@H](O)N5C(=O)OC[C@@H](C)SSc4ccccn4)c(OC)cc3C(=O)N2C1. The lowest BCUT2D eigenvalue weighted by Gasteiger charge is -2.31. The number of carbonyl (C=O) groups is 3. The largest absolute Gasteiger partial charge is 0.493 e. The van der Waals surface area contributed by atoms with Crippen molar-refractivity contribution in [3.8, 4) is 23.0 Å². The molecule has 0 aliphatic carbocycles. The molecule has 4 aliphatic rings. The summed E-state index contributed by atoms with van der Waals surface area (Å²) < 4.78 is 29.3. The van der Waals surface area contributed by atoms with Crippen LogP contribution in [0.5, 0.6) is 23.0 Å². The summed E-state index contributed by atoms with van der Waals surface area (Å²) in [4.78, 5) is 54.5. The molecule has 5 heterocycles. The normalized spacial score (nSPS) is 20.1. The Morgan fingerprint density at radius 2 is 1.57 bits per heavy atom. The van der Waals surface area contributed by atoms with Crippen LogP contribution in [0.1, 0.15) is 59.7 Å². The summed E-state index contributed by atoms with van der Waals surface area (Å²) in [5.41, 5.74) is 3.13. The van der Waals surface area contributed by atoms with E-state index in [1.165, 1.54) is 40.7 Å². The summed E-state index contributed by atoms with van der Waals surface area (Å²) in [5, 5.41) is 12.4. The minimum Gasteiger partial charge on any atom is -0.493 e. The molecule has 4 aliphatic heterocycles. The van der Waals surface area contributed by atoms with Crippen molar-refractivity contribution in [1.82, 2.24) is 14.8 Å². The van der Waals surface area contributed by atoms with Crippen LogP contribution in [0.2, 0.25) is 0 Å². The molecule has 2 fully saturated rings. The number of aromatic nitrogens is 1. The van der Waals surface area contributed by atoms with Gasteiger partial charge in [0.1, 0.15) is 11.6 Å². The standard InChI is InChI=1S/C42H47N5O9S2/c1-25-15-28-21-44-31-19-36(34(52-4)17-29(31)39(48)45(28)22-25)54-13-9-6-10-14-55-37-20-32-30(18-35(37)53-5)40(49)46-23-26(2)16-33(46)41(50)47(32)42(51)56-24-27(3)57-58-38-11-7-8-12-43-38/h7-8,11-12,17-21,27-28,33,41,50H,1-2,6,9-10,13-16,22-24H2,3-5H3/t27-,28+,33+,41+/m1/s1. The van der Waals surface area contributed by atoms with Gasteiger partial charge in [0, 0.05) is 42.9 Å². The number of benzene rings is 2. The van der Waals surface area contributed by atoms with E-state index in [2.05, 4.69) is 23.1 Å². The maximum absolute atomic E-state index is 13.9. The Labute approximate surface area is 345 Å². The van der Waals surface area contributed by atoms with Gasteiger partial charge in [0.15, 0.2) is 29.2 Å². The van der Waals surface area contributed by atoms with Crippen molar-refractivity contribution in [2.45, 2.75) is 67.6 Å². The number of hydrogen-bond donors (Lipinski definition) is 1. The Morgan fingerprint density at radius 3 is 2.28 bits per heavy atom. The fourth-order valence-electron chi connectivity index (χ4n) is 7.35. The Bertz CT molecular complexity index is 2100. The zero-order chi connectivity index (χ0) is 40.9. The molecule has 3 aromatic rings. The van der Waals surface area contributed by atoms with Crippen LogP contribution >= 0.6 is 21.6 Å². The van der Waals surface area contributed by atoms with Crippen LogP contribution in [0, 0.1) is 0 Å². The first-order valence-corrected chi connectivity index (χ1v) is 21.3. The number of ether oxygens (including phenoxy) is 5. The quantitative estimate of drug-likeness (QED) is 0.0946. The lowest BCUT2D eigenvalue weighted by molar-refractivity contribution is 0.0491. The molecule has 4 atom stereocenters. The molecule has 0 spiro atoms. The molecule has 7 rings (SSSR count). The van der Waals surface area contributed by atoms with Gasteiger partial charge < -0.3 is 38.6 Å². The summed E-state index contributed by atoms with van der Waals surface area (Å²) in [6.07, 6.45) is 4.48. The van der Waals surface area contributed by atoms with Crippen LogP contribution in [-0.4, -0.2) is 115 Å². The lowest BCUT2D eigenvalue weighted by atomic mass is 10.1. The highest BCUT2D eigenvalue weighted by molar-refractivity contribution is 8.76. The van der Waals surface area contributed by atoms with Gasteiger partial charge in [0.25, 0.3) is 11.8 Å². The van der Waals surface area contributed by atoms with Crippen LogP contribution < -0.4 is 23.8 Å². The van der Waals surface area contributed by atoms with Gasteiger partial charge >= 0.3 is 6.09 Å². The Kier molecular flexibility index (Phi) is 12.8. The number of fused-ring (bicyclic) bond motifs is 4. The van der Waals surface area contributed by atoms with E-state index < -0.39 is 18.4 Å². The molecule has 1 aromatic heterocycles. The molecule has 0 saturated carbocycles. The van der Waals surface area contributed by atoms with Gasteiger partial charge in [0.2, 0.25) is 0 Å². The Balaban J connectivity index is 0.982. The zero-order valence-corrected chi connectivity index (χ0v) is 34.4. The maximum atomic E-state index is 13.9. The minimum absolute atomic E-state index is 0.0585. The van der Waals surface area contributed by atoms with Crippen LogP contribution in [0.25, 0.3) is 0 Å². The fourth-order valence-corrected chi connectivity index (χ4v) is 9.22. The predicted octanol–water partition coefficient (Wildman–Crippen LogP) is 7.09. The molecule has 2 saturated heterocycles. The van der Waals surface area contributed by atoms with Crippen molar-refractivity contribution >= 4 is 57.1 Å². The minimum atomic E-state index is -1.40. The number of rotatable bonds is 15. The number of unbranched alkanes of at least 4 members (excludes halogenated alkanes) is 2. The molecule has 3 amide bonds. The van der Waals surface area contributed by atoms with E-state index in [0.717, 1.165) is 27.5 Å².